The number of H-pyrrole nitrogens is 1. The Morgan fingerprint density at radius 1 is 0.774 bits per heavy atom. The van der Waals surface area contributed by atoms with E-state index in [4.69, 9.17) is 0 Å². The SMILES string of the molecule is CC1(C)C2=CC3=C(CC2c2ccccc21)C(C)(C)c1ccc2[nH]c4ccccc4c2c13. The fraction of sp³-hybridized carbons (Fsp3) is 0.267. The van der Waals surface area contributed by atoms with Crippen LogP contribution in [0.5, 0.6) is 0 Å². The van der Waals surface area contributed by atoms with Gasteiger partial charge in [0.05, 0.1) is 0 Å². The zero-order chi connectivity index (χ0) is 21.1. The number of hydrogen-bond donors (Lipinski definition) is 1. The largest absolute Gasteiger partial charge is 0.354 e. The van der Waals surface area contributed by atoms with Crippen LogP contribution in [0.3, 0.4) is 0 Å². The van der Waals surface area contributed by atoms with Crippen LogP contribution in [0.15, 0.2) is 77.9 Å². The molecule has 3 aliphatic carbocycles. The van der Waals surface area contributed by atoms with Gasteiger partial charge in [0.2, 0.25) is 0 Å². The van der Waals surface area contributed by atoms with Crippen LogP contribution in [-0.2, 0) is 10.8 Å². The van der Waals surface area contributed by atoms with Crippen LogP contribution in [0.25, 0.3) is 27.4 Å². The lowest BCUT2D eigenvalue weighted by molar-refractivity contribution is 0.561. The molecule has 4 aromatic rings. The summed E-state index contributed by atoms with van der Waals surface area (Å²) < 4.78 is 0. The van der Waals surface area contributed by atoms with Gasteiger partial charge in [0, 0.05) is 38.6 Å². The molecule has 31 heavy (non-hydrogen) atoms. The highest BCUT2D eigenvalue weighted by molar-refractivity contribution is 6.15. The van der Waals surface area contributed by atoms with Gasteiger partial charge in [-0.1, -0.05) is 93.4 Å². The van der Waals surface area contributed by atoms with Gasteiger partial charge in [-0.25, -0.2) is 0 Å². The van der Waals surface area contributed by atoms with Crippen molar-refractivity contribution in [2.45, 2.75) is 50.9 Å². The van der Waals surface area contributed by atoms with E-state index in [0.29, 0.717) is 5.92 Å². The number of aromatic amines is 1. The third kappa shape index (κ3) is 1.98. The summed E-state index contributed by atoms with van der Waals surface area (Å²) in [5.41, 5.74) is 13.3. The molecule has 0 amide bonds. The molecule has 0 spiro atoms. The van der Waals surface area contributed by atoms with E-state index in [2.05, 4.69) is 99.4 Å². The maximum Gasteiger partial charge on any atom is 0.0471 e. The molecule has 0 saturated carbocycles. The van der Waals surface area contributed by atoms with Crippen molar-refractivity contribution in [1.29, 1.82) is 0 Å². The van der Waals surface area contributed by atoms with Crippen LogP contribution < -0.4 is 0 Å². The first kappa shape index (κ1) is 17.6. The highest BCUT2D eigenvalue weighted by Gasteiger charge is 2.48. The van der Waals surface area contributed by atoms with E-state index in [0.717, 1.165) is 6.42 Å². The minimum atomic E-state index is 0.0565. The van der Waals surface area contributed by atoms with Gasteiger partial charge in [-0.2, -0.15) is 0 Å². The number of benzene rings is 3. The minimum absolute atomic E-state index is 0.0565. The lowest BCUT2D eigenvalue weighted by Gasteiger charge is -2.32. The smallest absolute Gasteiger partial charge is 0.0471 e. The summed E-state index contributed by atoms with van der Waals surface area (Å²) in [6, 6.07) is 22.5. The Morgan fingerprint density at radius 3 is 2.42 bits per heavy atom. The lowest BCUT2D eigenvalue weighted by Crippen LogP contribution is -2.22. The van der Waals surface area contributed by atoms with Crippen LogP contribution in [0.4, 0.5) is 0 Å². The van der Waals surface area contributed by atoms with Crippen molar-refractivity contribution in [1.82, 2.24) is 4.98 Å². The van der Waals surface area contributed by atoms with Crippen molar-refractivity contribution in [3.63, 3.8) is 0 Å². The molecule has 0 aliphatic heterocycles. The highest BCUT2D eigenvalue weighted by Crippen LogP contribution is 2.61. The highest BCUT2D eigenvalue weighted by atomic mass is 14.7. The Labute approximate surface area is 183 Å². The summed E-state index contributed by atoms with van der Waals surface area (Å²) in [6.07, 6.45) is 3.71. The minimum Gasteiger partial charge on any atom is -0.354 e. The van der Waals surface area contributed by atoms with E-state index in [1.165, 1.54) is 49.6 Å². The normalized spacial score (nSPS) is 22.3. The molecule has 1 heteroatoms. The summed E-state index contributed by atoms with van der Waals surface area (Å²) >= 11 is 0. The number of rotatable bonds is 0. The van der Waals surface area contributed by atoms with Gasteiger partial charge in [0.25, 0.3) is 0 Å². The van der Waals surface area contributed by atoms with Crippen molar-refractivity contribution in [3.8, 4) is 0 Å². The second-order valence-corrected chi connectivity index (χ2v) is 10.7. The molecule has 3 aliphatic rings. The molecule has 1 N–H and O–H groups in total. The molecule has 0 fully saturated rings. The standard InChI is InChI=1S/C30H27N/c1-29(2)21-11-7-5-9-17(21)19-15-24-20(16-23(19)29)27-22(30(24,3)4)13-14-26-28(27)18-10-6-8-12-25(18)31-26/h5-14,16,19,31H,15H2,1-4H3. The quantitative estimate of drug-likeness (QED) is 0.310. The monoisotopic (exact) mass is 401 g/mol. The van der Waals surface area contributed by atoms with Gasteiger partial charge in [-0.3, -0.25) is 0 Å². The zero-order valence-corrected chi connectivity index (χ0v) is 18.6. The molecular formula is C30H27N. The third-order valence-electron chi connectivity index (χ3n) is 8.51. The number of hydrogen-bond acceptors (Lipinski definition) is 0. The van der Waals surface area contributed by atoms with Crippen LogP contribution in [0.2, 0.25) is 0 Å². The van der Waals surface area contributed by atoms with Gasteiger partial charge in [0.15, 0.2) is 0 Å². The maximum atomic E-state index is 3.66. The molecule has 1 nitrogen and oxygen atoms in total. The molecule has 0 saturated heterocycles. The van der Waals surface area contributed by atoms with Gasteiger partial charge >= 0.3 is 0 Å². The number of aromatic nitrogens is 1. The van der Waals surface area contributed by atoms with E-state index in [9.17, 15) is 0 Å². The second-order valence-electron chi connectivity index (χ2n) is 10.7. The molecule has 1 atom stereocenters. The first-order chi connectivity index (χ1) is 14.9. The fourth-order valence-electron chi connectivity index (χ4n) is 6.91. The van der Waals surface area contributed by atoms with Crippen molar-refractivity contribution < 1.29 is 0 Å². The molecule has 152 valence electrons. The Hall–Kier alpha value is -3.06. The second kappa shape index (κ2) is 5.40. The Bertz CT molecular complexity index is 1500. The predicted molar refractivity (Wildman–Crippen MR) is 131 cm³/mol. The van der Waals surface area contributed by atoms with Crippen molar-refractivity contribution in [3.05, 3.63) is 100 Å². The fourth-order valence-corrected chi connectivity index (χ4v) is 6.91. The van der Waals surface area contributed by atoms with E-state index in [-0.39, 0.29) is 10.8 Å². The van der Waals surface area contributed by atoms with Crippen molar-refractivity contribution in [2.24, 2.45) is 0 Å². The zero-order valence-electron chi connectivity index (χ0n) is 18.6. The average molecular weight is 402 g/mol. The predicted octanol–water partition coefficient (Wildman–Crippen LogP) is 7.77. The number of allylic oxidation sites excluding steroid dienone is 4. The van der Waals surface area contributed by atoms with E-state index in [1.807, 2.05) is 0 Å². The Balaban J connectivity index is 1.56. The summed E-state index contributed by atoms with van der Waals surface area (Å²) in [7, 11) is 0. The molecule has 0 radical (unpaired) electrons. The summed E-state index contributed by atoms with van der Waals surface area (Å²) in [4.78, 5) is 3.66. The van der Waals surface area contributed by atoms with Crippen molar-refractivity contribution >= 4 is 27.4 Å². The molecule has 0 bridgehead atoms. The van der Waals surface area contributed by atoms with Crippen LogP contribution in [0, 0.1) is 0 Å². The molecular weight excluding hydrogens is 374 g/mol. The van der Waals surface area contributed by atoms with Gasteiger partial charge in [-0.05, 0) is 46.4 Å². The number of fused-ring (bicyclic) bond motifs is 9. The molecule has 1 heterocycles. The van der Waals surface area contributed by atoms with E-state index >= 15 is 0 Å². The summed E-state index contributed by atoms with van der Waals surface area (Å²) in [5, 5.41) is 2.74. The first-order valence-electron chi connectivity index (χ1n) is 11.5. The molecule has 1 unspecified atom stereocenters. The van der Waals surface area contributed by atoms with Crippen LogP contribution in [-0.4, -0.2) is 4.98 Å². The Kier molecular flexibility index (Phi) is 3.07. The average Bonchev–Trinajstić information content (AvgIpc) is 3.33. The van der Waals surface area contributed by atoms with Crippen LogP contribution in [0.1, 0.15) is 62.3 Å². The summed E-state index contributed by atoms with van der Waals surface area (Å²) in [5.74, 6) is 0.511. The molecule has 1 aromatic heterocycles. The molecule has 3 aromatic carbocycles. The van der Waals surface area contributed by atoms with E-state index in [1.54, 1.807) is 11.1 Å². The topological polar surface area (TPSA) is 15.8 Å². The third-order valence-corrected chi connectivity index (χ3v) is 8.51. The Morgan fingerprint density at radius 2 is 1.55 bits per heavy atom. The molecule has 7 rings (SSSR count). The van der Waals surface area contributed by atoms with Crippen molar-refractivity contribution in [2.75, 3.05) is 0 Å². The lowest BCUT2D eigenvalue weighted by atomic mass is 9.71. The number of nitrogens with one attached hydrogen (secondary N) is 1. The maximum absolute atomic E-state index is 3.66. The van der Waals surface area contributed by atoms with Gasteiger partial charge < -0.3 is 4.98 Å². The first-order valence-corrected chi connectivity index (χ1v) is 11.5. The van der Waals surface area contributed by atoms with Gasteiger partial charge in [0.1, 0.15) is 0 Å². The summed E-state index contributed by atoms with van der Waals surface area (Å²) in [6.45, 7) is 9.69. The number of para-hydroxylation sites is 1. The van der Waals surface area contributed by atoms with Gasteiger partial charge in [-0.15, -0.1) is 0 Å². The van der Waals surface area contributed by atoms with E-state index < -0.39 is 0 Å². The van der Waals surface area contributed by atoms with Crippen LogP contribution >= 0.6 is 0 Å².